The Labute approximate surface area is 135 Å². The van der Waals surface area contributed by atoms with Crippen LogP contribution in [0.25, 0.3) is 11.3 Å². The van der Waals surface area contributed by atoms with E-state index < -0.39 is 0 Å². The van der Waals surface area contributed by atoms with Crippen LogP contribution in [0, 0.1) is 12.8 Å². The average molecular weight is 351 g/mol. The van der Waals surface area contributed by atoms with Gasteiger partial charge >= 0.3 is 0 Å². The molecule has 0 aliphatic carbocycles. The van der Waals surface area contributed by atoms with Crippen LogP contribution in [0.1, 0.15) is 31.7 Å². The standard InChI is InChI=1S/C17H23BrN2O/c1-12(2)10-19-9-5-8-17-20-11-16(21-17)14-6-4-7-15(18)13(14)3/h4,6-7,11-12,19H,5,8-10H2,1-3H3. The van der Waals surface area contributed by atoms with Gasteiger partial charge in [0.25, 0.3) is 0 Å². The van der Waals surface area contributed by atoms with Crippen LogP contribution >= 0.6 is 15.9 Å². The Morgan fingerprint density at radius 1 is 1.33 bits per heavy atom. The van der Waals surface area contributed by atoms with Crippen molar-refractivity contribution in [3.05, 3.63) is 40.3 Å². The van der Waals surface area contributed by atoms with E-state index in [-0.39, 0.29) is 0 Å². The molecule has 1 N–H and O–H groups in total. The van der Waals surface area contributed by atoms with Gasteiger partial charge in [0.15, 0.2) is 11.7 Å². The molecule has 0 radical (unpaired) electrons. The number of halogens is 1. The number of oxazole rings is 1. The molecule has 2 rings (SSSR count). The molecule has 4 heteroatoms. The zero-order chi connectivity index (χ0) is 15.2. The second-order valence-corrected chi connectivity index (χ2v) is 6.59. The van der Waals surface area contributed by atoms with E-state index in [1.807, 2.05) is 18.3 Å². The molecule has 0 atom stereocenters. The maximum absolute atomic E-state index is 5.87. The maximum Gasteiger partial charge on any atom is 0.194 e. The van der Waals surface area contributed by atoms with E-state index in [2.05, 4.69) is 53.1 Å². The zero-order valence-corrected chi connectivity index (χ0v) is 14.5. The van der Waals surface area contributed by atoms with Gasteiger partial charge in [-0.2, -0.15) is 0 Å². The summed E-state index contributed by atoms with van der Waals surface area (Å²) in [5.41, 5.74) is 2.28. The number of hydrogen-bond acceptors (Lipinski definition) is 3. The molecule has 0 aliphatic rings. The Hall–Kier alpha value is -1.13. The van der Waals surface area contributed by atoms with Gasteiger partial charge in [-0.15, -0.1) is 0 Å². The Kier molecular flexibility index (Phi) is 6.00. The predicted molar refractivity (Wildman–Crippen MR) is 90.4 cm³/mol. The first-order valence-corrected chi connectivity index (χ1v) is 8.28. The predicted octanol–water partition coefficient (Wildman–Crippen LogP) is 4.59. The third-order valence-corrected chi connectivity index (χ3v) is 4.24. The van der Waals surface area contributed by atoms with Gasteiger partial charge in [-0.3, -0.25) is 0 Å². The summed E-state index contributed by atoms with van der Waals surface area (Å²) in [5, 5.41) is 3.43. The summed E-state index contributed by atoms with van der Waals surface area (Å²) >= 11 is 3.55. The van der Waals surface area contributed by atoms with Crippen LogP contribution in [0.2, 0.25) is 0 Å². The maximum atomic E-state index is 5.87. The molecule has 1 aromatic carbocycles. The van der Waals surface area contributed by atoms with E-state index in [0.717, 1.165) is 47.6 Å². The van der Waals surface area contributed by atoms with Gasteiger partial charge < -0.3 is 9.73 Å². The van der Waals surface area contributed by atoms with Gasteiger partial charge in [-0.1, -0.05) is 41.9 Å². The molecule has 3 nitrogen and oxygen atoms in total. The molecule has 114 valence electrons. The molecule has 0 saturated carbocycles. The monoisotopic (exact) mass is 350 g/mol. The molecule has 0 unspecified atom stereocenters. The van der Waals surface area contributed by atoms with Gasteiger partial charge in [0.2, 0.25) is 0 Å². The number of rotatable bonds is 7. The van der Waals surface area contributed by atoms with Crippen molar-refractivity contribution in [1.82, 2.24) is 10.3 Å². The quantitative estimate of drug-likeness (QED) is 0.742. The first-order valence-electron chi connectivity index (χ1n) is 7.49. The van der Waals surface area contributed by atoms with E-state index in [1.165, 1.54) is 5.56 Å². The fourth-order valence-electron chi connectivity index (χ4n) is 2.18. The molecule has 0 spiro atoms. The van der Waals surface area contributed by atoms with Crippen molar-refractivity contribution in [2.24, 2.45) is 5.92 Å². The van der Waals surface area contributed by atoms with E-state index >= 15 is 0 Å². The molecular weight excluding hydrogens is 328 g/mol. The van der Waals surface area contributed by atoms with Gasteiger partial charge in [0.05, 0.1) is 6.20 Å². The fourth-order valence-corrected chi connectivity index (χ4v) is 2.55. The smallest absolute Gasteiger partial charge is 0.194 e. The Bertz CT molecular complexity index is 578. The second-order valence-electron chi connectivity index (χ2n) is 5.73. The highest BCUT2D eigenvalue weighted by atomic mass is 79.9. The fraction of sp³-hybridized carbons (Fsp3) is 0.471. The van der Waals surface area contributed by atoms with Crippen molar-refractivity contribution in [3.63, 3.8) is 0 Å². The number of aryl methyl sites for hydroxylation is 1. The highest BCUT2D eigenvalue weighted by Gasteiger charge is 2.10. The van der Waals surface area contributed by atoms with Crippen molar-refractivity contribution in [3.8, 4) is 11.3 Å². The minimum atomic E-state index is 0.692. The molecule has 0 saturated heterocycles. The van der Waals surface area contributed by atoms with Crippen LogP contribution < -0.4 is 5.32 Å². The average Bonchev–Trinajstić information content (AvgIpc) is 2.90. The lowest BCUT2D eigenvalue weighted by Gasteiger charge is -2.06. The van der Waals surface area contributed by atoms with Gasteiger partial charge in [-0.25, -0.2) is 4.98 Å². The van der Waals surface area contributed by atoms with Crippen LogP contribution in [0.4, 0.5) is 0 Å². The summed E-state index contributed by atoms with van der Waals surface area (Å²) < 4.78 is 6.97. The van der Waals surface area contributed by atoms with Crippen LogP contribution in [0.5, 0.6) is 0 Å². The van der Waals surface area contributed by atoms with E-state index in [9.17, 15) is 0 Å². The number of aromatic nitrogens is 1. The topological polar surface area (TPSA) is 38.1 Å². The number of nitrogens with zero attached hydrogens (tertiary/aromatic N) is 1. The van der Waals surface area contributed by atoms with Crippen molar-refractivity contribution in [2.45, 2.75) is 33.6 Å². The van der Waals surface area contributed by atoms with E-state index in [0.29, 0.717) is 5.92 Å². The first-order chi connectivity index (χ1) is 10.1. The molecule has 0 fully saturated rings. The molecule has 0 amide bonds. The molecule has 2 aromatic rings. The van der Waals surface area contributed by atoms with Crippen LogP contribution in [0.3, 0.4) is 0 Å². The highest BCUT2D eigenvalue weighted by Crippen LogP contribution is 2.29. The Morgan fingerprint density at radius 3 is 2.90 bits per heavy atom. The number of nitrogens with one attached hydrogen (secondary N) is 1. The largest absolute Gasteiger partial charge is 0.441 e. The lowest BCUT2D eigenvalue weighted by atomic mass is 10.1. The van der Waals surface area contributed by atoms with Gasteiger partial charge in [0.1, 0.15) is 0 Å². The normalized spacial score (nSPS) is 11.3. The minimum Gasteiger partial charge on any atom is -0.441 e. The van der Waals surface area contributed by atoms with Crippen LogP contribution in [0.15, 0.2) is 33.3 Å². The lowest BCUT2D eigenvalue weighted by molar-refractivity contribution is 0.483. The van der Waals surface area contributed by atoms with Crippen molar-refractivity contribution >= 4 is 15.9 Å². The summed E-state index contributed by atoms with van der Waals surface area (Å²) in [6, 6.07) is 6.12. The first kappa shape index (κ1) is 16.2. The Balaban J connectivity index is 1.91. The molecule has 0 bridgehead atoms. The minimum absolute atomic E-state index is 0.692. The molecule has 21 heavy (non-hydrogen) atoms. The summed E-state index contributed by atoms with van der Waals surface area (Å²) in [5.74, 6) is 2.35. The van der Waals surface area contributed by atoms with Crippen molar-refractivity contribution in [2.75, 3.05) is 13.1 Å². The van der Waals surface area contributed by atoms with Crippen LogP contribution in [-0.4, -0.2) is 18.1 Å². The molecular formula is C17H23BrN2O. The third kappa shape index (κ3) is 4.68. The third-order valence-electron chi connectivity index (χ3n) is 3.38. The Morgan fingerprint density at radius 2 is 2.14 bits per heavy atom. The lowest BCUT2D eigenvalue weighted by Crippen LogP contribution is -2.21. The summed E-state index contributed by atoms with van der Waals surface area (Å²) in [4.78, 5) is 4.39. The molecule has 1 aromatic heterocycles. The number of hydrogen-bond donors (Lipinski definition) is 1. The van der Waals surface area contributed by atoms with Gasteiger partial charge in [-0.05, 0) is 44.0 Å². The van der Waals surface area contributed by atoms with Gasteiger partial charge in [0, 0.05) is 16.5 Å². The summed E-state index contributed by atoms with van der Waals surface area (Å²) in [6.45, 7) is 8.58. The van der Waals surface area contributed by atoms with E-state index in [1.54, 1.807) is 0 Å². The molecule has 1 heterocycles. The second kappa shape index (κ2) is 7.76. The molecule has 0 aliphatic heterocycles. The summed E-state index contributed by atoms with van der Waals surface area (Å²) in [7, 11) is 0. The van der Waals surface area contributed by atoms with Crippen molar-refractivity contribution < 1.29 is 4.42 Å². The van der Waals surface area contributed by atoms with Crippen LogP contribution in [-0.2, 0) is 6.42 Å². The van der Waals surface area contributed by atoms with E-state index in [4.69, 9.17) is 4.42 Å². The zero-order valence-electron chi connectivity index (χ0n) is 12.9. The summed E-state index contributed by atoms with van der Waals surface area (Å²) in [6.07, 6.45) is 3.74. The highest BCUT2D eigenvalue weighted by molar-refractivity contribution is 9.10. The van der Waals surface area contributed by atoms with Crippen molar-refractivity contribution in [1.29, 1.82) is 0 Å². The number of benzene rings is 1. The SMILES string of the molecule is Cc1c(Br)cccc1-c1cnc(CCCNCC(C)C)o1.